The summed E-state index contributed by atoms with van der Waals surface area (Å²) in [5.41, 5.74) is 0.548. The van der Waals surface area contributed by atoms with Crippen molar-refractivity contribution >= 4 is 0 Å². The zero-order valence-electron chi connectivity index (χ0n) is 10.2. The molecule has 98 valence electrons. The van der Waals surface area contributed by atoms with E-state index in [2.05, 4.69) is 0 Å². The lowest BCUT2D eigenvalue weighted by atomic mass is 10.0. The molecule has 4 nitrogen and oxygen atoms in total. The van der Waals surface area contributed by atoms with Crippen LogP contribution >= 0.6 is 0 Å². The summed E-state index contributed by atoms with van der Waals surface area (Å²) in [6.07, 6.45) is -1.31. The van der Waals surface area contributed by atoms with E-state index < -0.39 is 12.2 Å². The van der Waals surface area contributed by atoms with Crippen molar-refractivity contribution in [1.29, 1.82) is 0 Å². The Bertz CT molecular complexity index is 568. The normalized spacial score (nSPS) is 21.3. The van der Waals surface area contributed by atoms with Crippen LogP contribution in [0.25, 0.3) is 0 Å². The van der Waals surface area contributed by atoms with E-state index >= 15 is 0 Å². The Morgan fingerprint density at radius 1 is 1.11 bits per heavy atom. The second kappa shape index (κ2) is 4.82. The van der Waals surface area contributed by atoms with Crippen molar-refractivity contribution in [2.75, 3.05) is 6.61 Å². The first-order valence-corrected chi connectivity index (χ1v) is 6.09. The van der Waals surface area contributed by atoms with Crippen LogP contribution in [-0.2, 0) is 0 Å². The number of fused-ring (bicyclic) bond motifs is 1. The van der Waals surface area contributed by atoms with E-state index in [-0.39, 0.29) is 12.4 Å². The predicted molar refractivity (Wildman–Crippen MR) is 69.4 cm³/mol. The molecule has 2 aromatic rings. The second-order valence-corrected chi connectivity index (χ2v) is 4.45. The highest BCUT2D eigenvalue weighted by Crippen LogP contribution is 2.35. The highest BCUT2D eigenvalue weighted by molar-refractivity contribution is 5.43. The maximum Gasteiger partial charge on any atom is 0.163 e. The molecule has 0 spiro atoms. The van der Waals surface area contributed by atoms with Gasteiger partial charge in [-0.15, -0.1) is 0 Å². The standard InChI is InChI=1S/C15H14O4/c16-10-6-7-13-12(8-10)15(17)14(9-18-13)19-11-4-2-1-3-5-11/h1-8,14-17H,9H2/t14-,15+/m0/s1. The minimum absolute atomic E-state index is 0.0989. The number of hydrogen-bond donors (Lipinski definition) is 2. The maximum atomic E-state index is 10.3. The van der Waals surface area contributed by atoms with Gasteiger partial charge in [0, 0.05) is 5.56 Å². The second-order valence-electron chi connectivity index (χ2n) is 4.45. The van der Waals surface area contributed by atoms with Gasteiger partial charge in [-0.25, -0.2) is 0 Å². The summed E-state index contributed by atoms with van der Waals surface area (Å²) in [5.74, 6) is 1.36. The molecule has 1 heterocycles. The van der Waals surface area contributed by atoms with Gasteiger partial charge in [-0.1, -0.05) is 18.2 Å². The van der Waals surface area contributed by atoms with E-state index in [1.54, 1.807) is 6.07 Å². The van der Waals surface area contributed by atoms with Crippen molar-refractivity contribution in [2.24, 2.45) is 0 Å². The van der Waals surface area contributed by atoms with Crippen molar-refractivity contribution < 1.29 is 19.7 Å². The van der Waals surface area contributed by atoms with E-state index in [1.807, 2.05) is 30.3 Å². The molecule has 0 saturated carbocycles. The number of phenols is 1. The molecule has 1 aliphatic heterocycles. The minimum atomic E-state index is -0.823. The van der Waals surface area contributed by atoms with Crippen molar-refractivity contribution in [1.82, 2.24) is 0 Å². The first-order valence-electron chi connectivity index (χ1n) is 6.09. The van der Waals surface area contributed by atoms with Crippen molar-refractivity contribution in [3.63, 3.8) is 0 Å². The predicted octanol–water partition coefficient (Wildman–Crippen LogP) is 2.27. The van der Waals surface area contributed by atoms with Crippen LogP contribution in [0.15, 0.2) is 48.5 Å². The monoisotopic (exact) mass is 258 g/mol. The van der Waals surface area contributed by atoms with Crippen LogP contribution < -0.4 is 9.47 Å². The molecule has 2 aromatic carbocycles. The summed E-state index contributed by atoms with van der Waals surface area (Å²) >= 11 is 0. The van der Waals surface area contributed by atoms with Crippen LogP contribution in [0.1, 0.15) is 11.7 Å². The third-order valence-electron chi connectivity index (χ3n) is 3.10. The van der Waals surface area contributed by atoms with E-state index in [4.69, 9.17) is 9.47 Å². The molecule has 2 atom stereocenters. The van der Waals surface area contributed by atoms with Gasteiger partial charge in [0.05, 0.1) is 0 Å². The van der Waals surface area contributed by atoms with E-state index in [0.717, 1.165) is 0 Å². The number of aliphatic hydroxyl groups is 1. The zero-order valence-corrected chi connectivity index (χ0v) is 10.2. The van der Waals surface area contributed by atoms with Gasteiger partial charge in [0.2, 0.25) is 0 Å². The Balaban J connectivity index is 1.83. The first kappa shape index (κ1) is 11.9. The molecule has 2 N–H and O–H groups in total. The molecule has 0 fully saturated rings. The number of hydrogen-bond acceptors (Lipinski definition) is 4. The van der Waals surface area contributed by atoms with Crippen molar-refractivity contribution in [3.8, 4) is 17.2 Å². The summed E-state index contributed by atoms with van der Waals surface area (Å²) in [6, 6.07) is 14.0. The Hall–Kier alpha value is -2.20. The van der Waals surface area contributed by atoms with Gasteiger partial charge < -0.3 is 19.7 Å². The lowest BCUT2D eigenvalue weighted by molar-refractivity contribution is -0.0104. The fraction of sp³-hybridized carbons (Fsp3) is 0.200. The average molecular weight is 258 g/mol. The summed E-state index contributed by atoms with van der Waals surface area (Å²) in [4.78, 5) is 0. The summed E-state index contributed by atoms with van der Waals surface area (Å²) in [5, 5.41) is 19.8. The number of para-hydroxylation sites is 1. The Morgan fingerprint density at radius 3 is 2.68 bits per heavy atom. The van der Waals surface area contributed by atoms with Crippen molar-refractivity contribution in [3.05, 3.63) is 54.1 Å². The molecule has 0 amide bonds. The Labute approximate surface area is 110 Å². The van der Waals surface area contributed by atoms with E-state index in [1.165, 1.54) is 12.1 Å². The average Bonchev–Trinajstić information content (AvgIpc) is 2.44. The summed E-state index contributed by atoms with van der Waals surface area (Å²) in [7, 11) is 0. The molecule has 0 unspecified atom stereocenters. The number of aromatic hydroxyl groups is 1. The zero-order chi connectivity index (χ0) is 13.2. The smallest absolute Gasteiger partial charge is 0.163 e. The topological polar surface area (TPSA) is 58.9 Å². The number of rotatable bonds is 2. The van der Waals surface area contributed by atoms with E-state index in [9.17, 15) is 10.2 Å². The minimum Gasteiger partial charge on any atom is -0.508 e. The Kier molecular flexibility index (Phi) is 3.01. The highest BCUT2D eigenvalue weighted by Gasteiger charge is 2.31. The van der Waals surface area contributed by atoms with Gasteiger partial charge in [-0.05, 0) is 30.3 Å². The highest BCUT2D eigenvalue weighted by atomic mass is 16.5. The molecular weight excluding hydrogens is 244 g/mol. The van der Waals surface area contributed by atoms with Crippen LogP contribution in [0.4, 0.5) is 0 Å². The molecule has 0 aliphatic carbocycles. The summed E-state index contributed by atoms with van der Waals surface area (Å²) in [6.45, 7) is 0.272. The molecule has 3 rings (SSSR count). The number of phenolic OH excluding ortho intramolecular Hbond substituents is 1. The third-order valence-corrected chi connectivity index (χ3v) is 3.10. The molecule has 4 heteroatoms. The van der Waals surface area contributed by atoms with Gasteiger partial charge in [0.25, 0.3) is 0 Å². The number of ether oxygens (including phenoxy) is 2. The van der Waals surface area contributed by atoms with Gasteiger partial charge in [0.15, 0.2) is 6.10 Å². The molecule has 1 aliphatic rings. The van der Waals surface area contributed by atoms with Crippen molar-refractivity contribution in [2.45, 2.75) is 12.2 Å². The molecule has 19 heavy (non-hydrogen) atoms. The lowest BCUT2D eigenvalue weighted by Crippen LogP contribution is -2.35. The lowest BCUT2D eigenvalue weighted by Gasteiger charge is -2.30. The summed E-state index contributed by atoms with van der Waals surface area (Å²) < 4.78 is 11.2. The van der Waals surface area contributed by atoms with Gasteiger partial charge >= 0.3 is 0 Å². The number of benzene rings is 2. The quantitative estimate of drug-likeness (QED) is 0.867. The SMILES string of the molecule is Oc1ccc2c(c1)[C@@H](O)[C@@H](Oc1ccccc1)CO2. The molecule has 0 saturated heterocycles. The molecule has 0 bridgehead atoms. The molecular formula is C15H14O4. The van der Waals surface area contributed by atoms with Gasteiger partial charge in [0.1, 0.15) is 30.0 Å². The molecule has 0 radical (unpaired) electrons. The third kappa shape index (κ3) is 2.35. The first-order chi connectivity index (χ1) is 9.24. The van der Waals surface area contributed by atoms with Crippen LogP contribution in [0, 0.1) is 0 Å². The van der Waals surface area contributed by atoms with Crippen LogP contribution in [0.2, 0.25) is 0 Å². The van der Waals surface area contributed by atoms with Crippen LogP contribution in [0.5, 0.6) is 17.2 Å². The maximum absolute atomic E-state index is 10.3. The van der Waals surface area contributed by atoms with Gasteiger partial charge in [-0.2, -0.15) is 0 Å². The van der Waals surface area contributed by atoms with Gasteiger partial charge in [-0.3, -0.25) is 0 Å². The van der Waals surface area contributed by atoms with E-state index in [0.29, 0.717) is 17.1 Å². The molecule has 0 aromatic heterocycles. The van der Waals surface area contributed by atoms with Crippen LogP contribution in [-0.4, -0.2) is 22.9 Å². The fourth-order valence-corrected chi connectivity index (χ4v) is 2.13. The largest absolute Gasteiger partial charge is 0.508 e. The fourth-order valence-electron chi connectivity index (χ4n) is 2.13. The van der Waals surface area contributed by atoms with Crippen LogP contribution in [0.3, 0.4) is 0 Å². The number of aliphatic hydroxyl groups excluding tert-OH is 1. The Morgan fingerprint density at radius 2 is 1.89 bits per heavy atom.